The molecule has 0 spiro atoms. The fourth-order valence-electron chi connectivity index (χ4n) is 3.60. The second-order valence-electron chi connectivity index (χ2n) is 8.36. The zero-order valence-corrected chi connectivity index (χ0v) is 17.3. The number of carbonyl (C=O) groups excluding carboxylic acids is 2. The number of hydrogen-bond donors (Lipinski definition) is 1. The maximum atomic E-state index is 13.3. The molecule has 0 aromatic heterocycles. The summed E-state index contributed by atoms with van der Waals surface area (Å²) in [6.45, 7) is 9.19. The fraction of sp³-hybridized carbons (Fsp3) is 0.500. The number of anilines is 1. The molecule has 1 aromatic carbocycles. The van der Waals surface area contributed by atoms with Crippen LogP contribution in [0, 0.1) is 0 Å². The van der Waals surface area contributed by atoms with Crippen molar-refractivity contribution in [2.45, 2.75) is 71.6 Å². The molecule has 1 N–H and O–H groups in total. The van der Waals surface area contributed by atoms with Crippen molar-refractivity contribution < 1.29 is 14.3 Å². The summed E-state index contributed by atoms with van der Waals surface area (Å²) < 4.78 is 5.29. The number of alkyl carbamates (subject to hydrolysis) is 1. The SMILES string of the molecule is CCC1=CN=C(C2Cc3ccccc3N2C(=O)C(C)NC(=O)OC(C)(C)C)C1. The summed E-state index contributed by atoms with van der Waals surface area (Å²) in [6, 6.07) is 7.10. The van der Waals surface area contributed by atoms with Gasteiger partial charge in [0.2, 0.25) is 5.91 Å². The number of nitrogens with zero attached hydrogens (tertiary/aromatic N) is 2. The number of para-hydroxylation sites is 1. The standard InChI is InChI=1S/C22H29N3O3/c1-6-15-11-17(23-13-15)19-12-16-9-7-8-10-18(16)25(19)20(26)14(2)24-21(27)28-22(3,4)5/h7-10,13-14,19H,6,11-12H2,1-5H3,(H,24,27). The third kappa shape index (κ3) is 4.26. The van der Waals surface area contributed by atoms with Crippen LogP contribution >= 0.6 is 0 Å². The van der Waals surface area contributed by atoms with E-state index in [2.05, 4.69) is 17.2 Å². The van der Waals surface area contributed by atoms with Gasteiger partial charge in [0.25, 0.3) is 0 Å². The van der Waals surface area contributed by atoms with Gasteiger partial charge in [0, 0.05) is 30.4 Å². The van der Waals surface area contributed by atoms with Crippen LogP contribution in [0.5, 0.6) is 0 Å². The Kier molecular flexibility index (Phi) is 5.59. The molecular weight excluding hydrogens is 354 g/mol. The van der Waals surface area contributed by atoms with Crippen LogP contribution in [-0.4, -0.2) is 35.4 Å². The summed E-state index contributed by atoms with van der Waals surface area (Å²) in [5, 5.41) is 2.67. The molecule has 2 atom stereocenters. The molecule has 2 unspecified atom stereocenters. The Morgan fingerprint density at radius 1 is 1.32 bits per heavy atom. The summed E-state index contributed by atoms with van der Waals surface area (Å²) in [5.74, 6) is -0.159. The topological polar surface area (TPSA) is 71.0 Å². The van der Waals surface area contributed by atoms with E-state index >= 15 is 0 Å². The molecule has 150 valence electrons. The Morgan fingerprint density at radius 3 is 2.68 bits per heavy atom. The summed E-state index contributed by atoms with van der Waals surface area (Å²) in [4.78, 5) is 31.8. The molecule has 0 saturated carbocycles. The van der Waals surface area contributed by atoms with Gasteiger partial charge in [-0.15, -0.1) is 0 Å². The van der Waals surface area contributed by atoms with Crippen LogP contribution in [0.4, 0.5) is 10.5 Å². The molecule has 0 aliphatic carbocycles. The molecule has 2 aliphatic heterocycles. The second-order valence-corrected chi connectivity index (χ2v) is 8.36. The van der Waals surface area contributed by atoms with Gasteiger partial charge in [-0.1, -0.05) is 25.1 Å². The number of ether oxygens (including phenoxy) is 1. The average Bonchev–Trinajstić information content (AvgIpc) is 3.23. The van der Waals surface area contributed by atoms with Crippen LogP contribution in [0.3, 0.4) is 0 Å². The van der Waals surface area contributed by atoms with Gasteiger partial charge in [-0.05, 0) is 51.3 Å². The molecule has 28 heavy (non-hydrogen) atoms. The quantitative estimate of drug-likeness (QED) is 0.854. The number of fused-ring (bicyclic) bond motifs is 1. The van der Waals surface area contributed by atoms with Crippen molar-refractivity contribution in [2.24, 2.45) is 4.99 Å². The lowest BCUT2D eigenvalue weighted by molar-refractivity contribution is -0.120. The first kappa shape index (κ1) is 20.1. The zero-order valence-electron chi connectivity index (χ0n) is 17.3. The van der Waals surface area contributed by atoms with E-state index in [1.165, 1.54) is 5.57 Å². The van der Waals surface area contributed by atoms with Crippen LogP contribution in [-0.2, 0) is 16.0 Å². The van der Waals surface area contributed by atoms with Gasteiger partial charge < -0.3 is 15.0 Å². The molecule has 0 radical (unpaired) electrons. The number of allylic oxidation sites excluding steroid dienone is 1. The van der Waals surface area contributed by atoms with Crippen molar-refractivity contribution >= 4 is 23.4 Å². The van der Waals surface area contributed by atoms with E-state index in [1.807, 2.05) is 30.5 Å². The highest BCUT2D eigenvalue weighted by Gasteiger charge is 2.39. The van der Waals surface area contributed by atoms with Crippen molar-refractivity contribution in [3.8, 4) is 0 Å². The van der Waals surface area contributed by atoms with Gasteiger partial charge in [0.1, 0.15) is 11.6 Å². The Bertz CT molecular complexity index is 836. The third-order valence-electron chi connectivity index (χ3n) is 4.98. The Balaban J connectivity index is 1.79. The molecule has 2 amide bonds. The van der Waals surface area contributed by atoms with Gasteiger partial charge >= 0.3 is 6.09 Å². The lowest BCUT2D eigenvalue weighted by Crippen LogP contribution is -2.52. The summed E-state index contributed by atoms with van der Waals surface area (Å²) >= 11 is 0. The van der Waals surface area contributed by atoms with Crippen molar-refractivity contribution in [1.82, 2.24) is 5.32 Å². The van der Waals surface area contributed by atoms with Crippen molar-refractivity contribution in [3.63, 3.8) is 0 Å². The van der Waals surface area contributed by atoms with Gasteiger partial charge in [-0.25, -0.2) is 4.79 Å². The second kappa shape index (κ2) is 7.78. The zero-order chi connectivity index (χ0) is 20.5. The van der Waals surface area contributed by atoms with Crippen molar-refractivity contribution in [3.05, 3.63) is 41.6 Å². The number of aliphatic imine (C=N–C) groups is 1. The Hall–Kier alpha value is -2.63. The molecule has 0 fully saturated rings. The summed E-state index contributed by atoms with van der Waals surface area (Å²) in [6.07, 6.45) is 3.82. The molecule has 1 aromatic rings. The maximum absolute atomic E-state index is 13.3. The summed E-state index contributed by atoms with van der Waals surface area (Å²) in [7, 11) is 0. The molecule has 3 rings (SSSR count). The normalized spacial score (nSPS) is 19.6. The lowest BCUT2D eigenvalue weighted by atomic mass is 10.0. The summed E-state index contributed by atoms with van der Waals surface area (Å²) in [5.41, 5.74) is 3.68. The number of benzene rings is 1. The molecule has 0 bridgehead atoms. The average molecular weight is 383 g/mol. The van der Waals surface area contributed by atoms with Gasteiger partial charge in [-0.3, -0.25) is 9.79 Å². The molecule has 6 heteroatoms. The van der Waals surface area contributed by atoms with Crippen LogP contribution in [0.25, 0.3) is 0 Å². The van der Waals surface area contributed by atoms with E-state index in [0.717, 1.165) is 36.2 Å². The minimum atomic E-state index is -0.705. The van der Waals surface area contributed by atoms with Gasteiger partial charge in [-0.2, -0.15) is 0 Å². The van der Waals surface area contributed by atoms with Crippen LogP contribution in [0.2, 0.25) is 0 Å². The predicted octanol–water partition coefficient (Wildman–Crippen LogP) is 4.00. The molecule has 6 nitrogen and oxygen atoms in total. The first-order chi connectivity index (χ1) is 13.2. The van der Waals surface area contributed by atoms with E-state index in [4.69, 9.17) is 4.74 Å². The highest BCUT2D eigenvalue weighted by atomic mass is 16.6. The first-order valence-electron chi connectivity index (χ1n) is 9.84. The van der Waals surface area contributed by atoms with Gasteiger partial charge in [0.15, 0.2) is 0 Å². The monoisotopic (exact) mass is 383 g/mol. The van der Waals surface area contributed by atoms with Crippen molar-refractivity contribution in [2.75, 3.05) is 4.90 Å². The van der Waals surface area contributed by atoms with Crippen LogP contribution in [0.15, 0.2) is 41.0 Å². The number of rotatable bonds is 4. The smallest absolute Gasteiger partial charge is 0.408 e. The molecule has 2 heterocycles. The fourth-order valence-corrected chi connectivity index (χ4v) is 3.60. The predicted molar refractivity (Wildman–Crippen MR) is 111 cm³/mol. The highest BCUT2D eigenvalue weighted by Crippen LogP contribution is 2.35. The third-order valence-corrected chi connectivity index (χ3v) is 4.98. The molecule has 0 saturated heterocycles. The Labute approximate surface area is 166 Å². The lowest BCUT2D eigenvalue weighted by Gasteiger charge is -2.29. The minimum Gasteiger partial charge on any atom is -0.444 e. The highest BCUT2D eigenvalue weighted by molar-refractivity contribution is 6.09. The number of amides is 2. The van der Waals surface area contributed by atoms with E-state index in [1.54, 1.807) is 32.6 Å². The minimum absolute atomic E-state index is 0.118. The van der Waals surface area contributed by atoms with Gasteiger partial charge in [0.05, 0.1) is 6.04 Å². The van der Waals surface area contributed by atoms with E-state index in [9.17, 15) is 9.59 Å². The number of nitrogens with one attached hydrogen (secondary N) is 1. The number of carbonyl (C=O) groups is 2. The first-order valence-corrected chi connectivity index (χ1v) is 9.84. The van der Waals surface area contributed by atoms with E-state index in [-0.39, 0.29) is 11.9 Å². The maximum Gasteiger partial charge on any atom is 0.408 e. The molecular formula is C22H29N3O3. The van der Waals surface area contributed by atoms with E-state index < -0.39 is 17.7 Å². The van der Waals surface area contributed by atoms with Crippen LogP contribution < -0.4 is 10.2 Å². The van der Waals surface area contributed by atoms with Crippen molar-refractivity contribution in [1.29, 1.82) is 0 Å². The largest absolute Gasteiger partial charge is 0.444 e. The molecule has 2 aliphatic rings. The van der Waals surface area contributed by atoms with Crippen LogP contribution in [0.1, 0.15) is 53.0 Å². The number of hydrogen-bond acceptors (Lipinski definition) is 4. The Morgan fingerprint density at radius 2 is 2.04 bits per heavy atom. The van der Waals surface area contributed by atoms with E-state index in [0.29, 0.717) is 0 Å².